The molecule has 3 N–H and O–H groups in total. The fraction of sp³-hybridized carbons (Fsp3) is 0.511. The highest BCUT2D eigenvalue weighted by Gasteiger charge is 2.43. The maximum Gasteiger partial charge on any atom is 0.407 e. The molecular formula is C45H53N7O9S. The van der Waals surface area contributed by atoms with Crippen molar-refractivity contribution in [3.05, 3.63) is 60.2 Å². The summed E-state index contributed by atoms with van der Waals surface area (Å²) in [4.78, 5) is 69.0. The molecule has 4 atom stereocenters. The molecule has 6 aliphatic rings. The van der Waals surface area contributed by atoms with Gasteiger partial charge in [-0.25, -0.2) is 23.0 Å². The Labute approximate surface area is 360 Å². The molecule has 0 spiro atoms. The number of rotatable bonds is 10. The monoisotopic (exact) mass is 867 g/mol. The number of hydrogen-bond acceptors (Lipinski definition) is 11. The smallest absolute Gasteiger partial charge is 0.407 e. The maximum absolute atomic E-state index is 14.2. The molecule has 5 heterocycles. The first-order valence-corrected chi connectivity index (χ1v) is 23.3. The molecule has 1 aromatic heterocycles. The van der Waals surface area contributed by atoms with Gasteiger partial charge in [0.1, 0.15) is 39.2 Å². The molecule has 4 fully saturated rings. The minimum Gasteiger partial charge on any atom is -0.455 e. The lowest BCUT2D eigenvalue weighted by Gasteiger charge is -2.32. The lowest BCUT2D eigenvalue weighted by Crippen LogP contribution is -2.54. The highest BCUT2D eigenvalue weighted by molar-refractivity contribution is 7.91. The van der Waals surface area contributed by atoms with E-state index in [2.05, 4.69) is 20.6 Å². The molecule has 0 unspecified atom stereocenters. The Morgan fingerprint density at radius 2 is 1.34 bits per heavy atom. The molecule has 17 heteroatoms. The van der Waals surface area contributed by atoms with Crippen LogP contribution in [0.1, 0.15) is 101 Å². The van der Waals surface area contributed by atoms with Crippen molar-refractivity contribution in [2.24, 2.45) is 16.8 Å². The first kappa shape index (κ1) is 41.6. The van der Waals surface area contributed by atoms with E-state index in [0.29, 0.717) is 43.0 Å². The highest BCUT2D eigenvalue weighted by Crippen LogP contribution is 2.46. The molecule has 4 amide bonds. The van der Waals surface area contributed by atoms with Gasteiger partial charge in [-0.2, -0.15) is 0 Å². The van der Waals surface area contributed by atoms with E-state index in [0.717, 1.165) is 87.5 Å². The minimum absolute atomic E-state index is 0.0339. The number of carbonyl (C=O) groups is 4. The molecule has 16 nitrogen and oxygen atoms in total. The van der Waals surface area contributed by atoms with Crippen LogP contribution < -0.4 is 15.4 Å². The van der Waals surface area contributed by atoms with E-state index in [1.54, 1.807) is 53.7 Å². The summed E-state index contributed by atoms with van der Waals surface area (Å²) in [5.74, 6) is 0.869. The van der Waals surface area contributed by atoms with Crippen LogP contribution in [-0.2, 0) is 28.9 Å². The number of nitrogens with one attached hydrogen (secondary N) is 3. The Balaban J connectivity index is 0.884. The maximum atomic E-state index is 14.2. The minimum atomic E-state index is -3.99. The number of aliphatic imine (C=N–C) groups is 1. The predicted octanol–water partition coefficient (Wildman–Crippen LogP) is 6.68. The average Bonchev–Trinajstić information content (AvgIpc) is 4.13. The van der Waals surface area contributed by atoms with E-state index in [1.165, 1.54) is 14.2 Å². The second-order valence-corrected chi connectivity index (χ2v) is 19.1. The van der Waals surface area contributed by atoms with Crippen molar-refractivity contribution in [1.29, 1.82) is 0 Å². The molecule has 2 aromatic carbocycles. The number of methoxy groups -OCH3 is 2. The largest absolute Gasteiger partial charge is 0.455 e. The van der Waals surface area contributed by atoms with Crippen molar-refractivity contribution in [3.8, 4) is 22.8 Å². The van der Waals surface area contributed by atoms with Crippen LogP contribution in [0.3, 0.4) is 0 Å². The van der Waals surface area contributed by atoms with Crippen molar-refractivity contribution in [1.82, 2.24) is 30.4 Å². The quantitative estimate of drug-likeness (QED) is 0.154. The van der Waals surface area contributed by atoms with Crippen LogP contribution in [0.4, 0.5) is 9.59 Å². The standard InChI is InChI=1S/C45H53N7O9S/c1-59-44(55)49-39(26-9-3-4-10-26)42(53)51-19-7-13-33(51)31-21-30(24-46-31)28-16-18-37-36(22-28)61-35-17-15-29(23-38(35)62(37,57)58)32-25-47-41(48-32)34-14-8-20-52(34)43(54)40(50-45(56)60-2)27-11-5-6-12-27/h15-18,22-27,33-34,39-40H,3-14,19-21H2,1-2H3,(H,47,48)(H,49,55)(H,50,56)/t33-,34-,39-,40-/m0/s1. The molecule has 3 aromatic rings. The first-order chi connectivity index (χ1) is 30.0. The van der Waals surface area contributed by atoms with E-state index >= 15 is 0 Å². The van der Waals surface area contributed by atoms with Crippen LogP contribution in [0.2, 0.25) is 0 Å². The lowest BCUT2D eigenvalue weighted by molar-refractivity contribution is -0.136. The number of benzene rings is 2. The number of carbonyl (C=O) groups excluding carboxylic acids is 4. The molecular weight excluding hydrogens is 815 g/mol. The van der Waals surface area contributed by atoms with Crippen molar-refractivity contribution >= 4 is 45.1 Å². The van der Waals surface area contributed by atoms with Gasteiger partial charge >= 0.3 is 12.2 Å². The average molecular weight is 868 g/mol. The van der Waals surface area contributed by atoms with Gasteiger partial charge in [0, 0.05) is 37.0 Å². The number of nitrogens with zero attached hydrogens (tertiary/aromatic N) is 4. The number of sulfone groups is 1. The van der Waals surface area contributed by atoms with Gasteiger partial charge in [0.15, 0.2) is 0 Å². The summed E-state index contributed by atoms with van der Waals surface area (Å²) in [6.45, 7) is 1.11. The molecule has 2 aliphatic carbocycles. The van der Waals surface area contributed by atoms with E-state index in [1.807, 2.05) is 4.90 Å². The number of likely N-dealkylation sites (tertiary alicyclic amines) is 2. The number of imidazole rings is 1. The van der Waals surface area contributed by atoms with Gasteiger partial charge in [0.2, 0.25) is 21.7 Å². The molecule has 2 saturated carbocycles. The van der Waals surface area contributed by atoms with Gasteiger partial charge in [0.05, 0.1) is 38.2 Å². The second-order valence-electron chi connectivity index (χ2n) is 17.3. The second kappa shape index (κ2) is 17.2. The first-order valence-electron chi connectivity index (χ1n) is 21.9. The summed E-state index contributed by atoms with van der Waals surface area (Å²) in [5, 5.41) is 5.62. The predicted molar refractivity (Wildman–Crippen MR) is 227 cm³/mol. The molecule has 4 aliphatic heterocycles. The van der Waals surface area contributed by atoms with Crippen LogP contribution in [0, 0.1) is 11.8 Å². The van der Waals surface area contributed by atoms with Crippen LogP contribution in [0.15, 0.2) is 63.6 Å². The molecule has 2 saturated heterocycles. The van der Waals surface area contributed by atoms with Gasteiger partial charge in [-0.05, 0) is 105 Å². The summed E-state index contributed by atoms with van der Waals surface area (Å²) < 4.78 is 44.4. The van der Waals surface area contributed by atoms with Gasteiger partial charge in [-0.3, -0.25) is 14.6 Å². The number of aromatic nitrogens is 2. The number of hydrogen-bond donors (Lipinski definition) is 3. The van der Waals surface area contributed by atoms with Crippen molar-refractivity contribution in [3.63, 3.8) is 0 Å². The molecule has 0 radical (unpaired) electrons. The van der Waals surface area contributed by atoms with Crippen LogP contribution in [0.5, 0.6) is 11.5 Å². The number of allylic oxidation sites excluding steroid dienone is 1. The Kier molecular flexibility index (Phi) is 11.6. The Morgan fingerprint density at radius 3 is 1.97 bits per heavy atom. The fourth-order valence-electron chi connectivity index (χ4n) is 10.5. The number of H-pyrrole nitrogens is 1. The Hall–Kier alpha value is -5.71. The van der Waals surface area contributed by atoms with Crippen molar-refractivity contribution < 1.29 is 41.8 Å². The number of fused-ring (bicyclic) bond motifs is 2. The van der Waals surface area contributed by atoms with E-state index in [4.69, 9.17) is 19.2 Å². The summed E-state index contributed by atoms with van der Waals surface area (Å²) in [6.07, 6.45) is 13.3. The van der Waals surface area contributed by atoms with E-state index in [9.17, 15) is 27.6 Å². The van der Waals surface area contributed by atoms with Crippen LogP contribution >= 0.6 is 0 Å². The fourth-order valence-corrected chi connectivity index (χ4v) is 12.0. The summed E-state index contributed by atoms with van der Waals surface area (Å²) >= 11 is 0. The third kappa shape index (κ3) is 7.83. The van der Waals surface area contributed by atoms with Gasteiger partial charge in [0.25, 0.3) is 0 Å². The van der Waals surface area contributed by atoms with Gasteiger partial charge in [-0.15, -0.1) is 0 Å². The SMILES string of the molecule is COC(=O)N[C@H](C(=O)N1CCC[C@H]1C1=NC=C(c2ccc3c(c2)Oc2ccc(-c4cnc([C@@H]5CCCN5C(=O)[C@@H](NC(=O)OC)C5CCCC5)[nH]4)cc2S3(=O)=O)C1)C1CCCC1. The zero-order chi connectivity index (χ0) is 43.1. The third-order valence-electron chi connectivity index (χ3n) is 13.7. The Morgan fingerprint density at radius 1 is 0.742 bits per heavy atom. The van der Waals surface area contributed by atoms with Gasteiger partial charge < -0.3 is 39.6 Å². The van der Waals surface area contributed by atoms with E-state index < -0.39 is 34.1 Å². The molecule has 328 valence electrons. The number of alkyl carbamates (subject to hydrolysis) is 2. The zero-order valence-corrected chi connectivity index (χ0v) is 35.9. The highest BCUT2D eigenvalue weighted by atomic mass is 32.2. The number of amides is 4. The Bertz CT molecular complexity index is 2440. The third-order valence-corrected chi connectivity index (χ3v) is 15.5. The molecule has 62 heavy (non-hydrogen) atoms. The lowest BCUT2D eigenvalue weighted by atomic mass is 9.95. The van der Waals surface area contributed by atoms with Crippen LogP contribution in [0.25, 0.3) is 16.8 Å². The summed E-state index contributed by atoms with van der Waals surface area (Å²) in [5.41, 5.74) is 3.70. The van der Waals surface area contributed by atoms with Crippen LogP contribution in [-0.4, -0.2) is 103 Å². The summed E-state index contributed by atoms with van der Waals surface area (Å²) in [7, 11) is -1.39. The van der Waals surface area contributed by atoms with Crippen molar-refractivity contribution in [2.45, 2.75) is 117 Å². The van der Waals surface area contributed by atoms with Gasteiger partial charge in [-0.1, -0.05) is 31.7 Å². The number of aromatic amines is 1. The van der Waals surface area contributed by atoms with E-state index in [-0.39, 0.29) is 57.0 Å². The normalized spacial score (nSPS) is 22.9. The summed E-state index contributed by atoms with van der Waals surface area (Å²) in [6, 6.07) is 8.21. The molecule has 0 bridgehead atoms. The molecule has 9 rings (SSSR count). The number of ether oxygens (including phenoxy) is 3. The zero-order valence-electron chi connectivity index (χ0n) is 35.1. The topological polar surface area (TPSA) is 202 Å². The van der Waals surface area contributed by atoms with Crippen molar-refractivity contribution in [2.75, 3.05) is 27.3 Å².